The zero-order valence-corrected chi connectivity index (χ0v) is 12.7. The number of alkyl halides is 1. The molecule has 1 aliphatic rings. The second-order valence-electron chi connectivity index (χ2n) is 4.71. The van der Waals surface area contributed by atoms with Crippen molar-refractivity contribution < 1.29 is 4.74 Å². The van der Waals surface area contributed by atoms with E-state index in [-0.39, 0.29) is 0 Å². The lowest BCUT2D eigenvalue weighted by Gasteiger charge is -2.37. The van der Waals surface area contributed by atoms with Gasteiger partial charge in [-0.25, -0.2) is 4.98 Å². The van der Waals surface area contributed by atoms with Crippen LogP contribution in [0.4, 0.5) is 0 Å². The highest BCUT2D eigenvalue weighted by Crippen LogP contribution is 2.18. The summed E-state index contributed by atoms with van der Waals surface area (Å²) in [5.74, 6) is 0. The van der Waals surface area contributed by atoms with Crippen LogP contribution in [-0.4, -0.2) is 44.9 Å². The summed E-state index contributed by atoms with van der Waals surface area (Å²) in [6.07, 6.45) is 4.47. The first-order valence-corrected chi connectivity index (χ1v) is 8.09. The minimum absolute atomic E-state index is 0.296. The van der Waals surface area contributed by atoms with Crippen molar-refractivity contribution in [2.45, 2.75) is 25.6 Å². The maximum atomic E-state index is 5.74. The van der Waals surface area contributed by atoms with E-state index >= 15 is 0 Å². The van der Waals surface area contributed by atoms with E-state index in [9.17, 15) is 0 Å². The summed E-state index contributed by atoms with van der Waals surface area (Å²) in [5.41, 5.74) is 1.14. The van der Waals surface area contributed by atoms with Gasteiger partial charge >= 0.3 is 0 Å². The number of halogens is 1. The molecule has 1 fully saturated rings. The molecule has 3 rings (SSSR count). The molecule has 2 unspecified atom stereocenters. The van der Waals surface area contributed by atoms with Crippen molar-refractivity contribution in [1.29, 1.82) is 0 Å². The molecule has 0 bridgehead atoms. The molecule has 98 valence electrons. The first-order chi connectivity index (χ1) is 8.76. The highest BCUT2D eigenvalue weighted by atomic mass is 79.9. The normalized spacial score (nSPS) is 25.9. The summed E-state index contributed by atoms with van der Waals surface area (Å²) in [7, 11) is 0. The minimum atomic E-state index is 0.296. The number of hydrogen-bond acceptors (Lipinski definition) is 4. The Morgan fingerprint density at radius 1 is 1.61 bits per heavy atom. The van der Waals surface area contributed by atoms with Gasteiger partial charge in [-0.3, -0.25) is 9.30 Å². The van der Waals surface area contributed by atoms with Crippen LogP contribution in [0.25, 0.3) is 4.96 Å². The van der Waals surface area contributed by atoms with E-state index in [0.29, 0.717) is 12.1 Å². The van der Waals surface area contributed by atoms with Gasteiger partial charge in [0.2, 0.25) is 0 Å². The number of aromatic nitrogens is 2. The van der Waals surface area contributed by atoms with Gasteiger partial charge in [-0.1, -0.05) is 15.9 Å². The van der Waals surface area contributed by atoms with E-state index in [1.54, 1.807) is 11.3 Å². The number of imidazole rings is 1. The molecular weight excluding hydrogens is 314 g/mol. The maximum absolute atomic E-state index is 5.74. The van der Waals surface area contributed by atoms with Gasteiger partial charge in [0.25, 0.3) is 0 Å². The molecule has 2 atom stereocenters. The van der Waals surface area contributed by atoms with Gasteiger partial charge in [-0.05, 0) is 6.92 Å². The van der Waals surface area contributed by atoms with E-state index in [1.165, 1.54) is 0 Å². The van der Waals surface area contributed by atoms with E-state index in [0.717, 1.165) is 35.7 Å². The topological polar surface area (TPSA) is 29.8 Å². The molecule has 0 radical (unpaired) electrons. The largest absolute Gasteiger partial charge is 0.374 e. The van der Waals surface area contributed by atoms with Crippen LogP contribution in [0.2, 0.25) is 0 Å². The Morgan fingerprint density at radius 2 is 2.50 bits per heavy atom. The molecule has 3 heterocycles. The van der Waals surface area contributed by atoms with Crippen molar-refractivity contribution in [2.75, 3.05) is 18.5 Å². The number of fused-ring (bicyclic) bond motifs is 1. The SMILES string of the molecule is CC1COC(CBr)CN1Cc1cn2ccsc2n1. The van der Waals surface area contributed by atoms with Gasteiger partial charge in [0.05, 0.1) is 18.4 Å². The Bertz CT molecular complexity index is 498. The van der Waals surface area contributed by atoms with Gasteiger partial charge < -0.3 is 4.74 Å². The fourth-order valence-electron chi connectivity index (χ4n) is 2.25. The standard InChI is InChI=1S/C12H16BrN3OS/c1-9-8-17-11(4-13)7-16(9)6-10-5-15-2-3-18-12(15)14-10/h2-3,5,9,11H,4,6-8H2,1H3. The second-order valence-corrected chi connectivity index (χ2v) is 6.23. The zero-order chi connectivity index (χ0) is 12.5. The van der Waals surface area contributed by atoms with Crippen LogP contribution in [0.15, 0.2) is 17.8 Å². The molecule has 2 aromatic rings. The van der Waals surface area contributed by atoms with Crippen molar-refractivity contribution in [1.82, 2.24) is 14.3 Å². The Balaban J connectivity index is 1.72. The van der Waals surface area contributed by atoms with E-state index < -0.39 is 0 Å². The Morgan fingerprint density at radius 3 is 3.28 bits per heavy atom. The molecule has 1 saturated heterocycles. The lowest BCUT2D eigenvalue weighted by molar-refractivity contribution is -0.0503. The summed E-state index contributed by atoms with van der Waals surface area (Å²) in [4.78, 5) is 8.16. The zero-order valence-electron chi connectivity index (χ0n) is 10.3. The van der Waals surface area contributed by atoms with Crippen molar-refractivity contribution in [3.63, 3.8) is 0 Å². The summed E-state index contributed by atoms with van der Waals surface area (Å²) < 4.78 is 7.83. The van der Waals surface area contributed by atoms with Crippen molar-refractivity contribution in [3.8, 4) is 0 Å². The highest BCUT2D eigenvalue weighted by Gasteiger charge is 2.25. The lowest BCUT2D eigenvalue weighted by atomic mass is 10.2. The number of nitrogens with zero attached hydrogens (tertiary/aromatic N) is 3. The summed E-state index contributed by atoms with van der Waals surface area (Å²) in [6.45, 7) is 4.89. The van der Waals surface area contributed by atoms with Gasteiger partial charge in [0.1, 0.15) is 0 Å². The van der Waals surface area contributed by atoms with Gasteiger partial charge in [-0.2, -0.15) is 0 Å². The number of rotatable bonds is 3. The maximum Gasteiger partial charge on any atom is 0.193 e. The predicted molar refractivity (Wildman–Crippen MR) is 76.5 cm³/mol. The van der Waals surface area contributed by atoms with Crippen LogP contribution in [0, 0.1) is 0 Å². The van der Waals surface area contributed by atoms with Crippen LogP contribution >= 0.6 is 27.3 Å². The molecule has 18 heavy (non-hydrogen) atoms. The molecule has 0 spiro atoms. The summed E-state index contributed by atoms with van der Waals surface area (Å²) in [6, 6.07) is 0.458. The number of ether oxygens (including phenoxy) is 1. The third kappa shape index (κ3) is 2.47. The fraction of sp³-hybridized carbons (Fsp3) is 0.583. The van der Waals surface area contributed by atoms with E-state index in [1.807, 2.05) is 0 Å². The minimum Gasteiger partial charge on any atom is -0.374 e. The molecule has 4 nitrogen and oxygen atoms in total. The average Bonchev–Trinajstić information content (AvgIpc) is 2.92. The Labute approximate surface area is 119 Å². The Kier molecular flexibility index (Phi) is 3.70. The van der Waals surface area contributed by atoms with Crippen LogP contribution < -0.4 is 0 Å². The summed E-state index contributed by atoms with van der Waals surface area (Å²) >= 11 is 5.17. The van der Waals surface area contributed by atoms with Crippen LogP contribution in [0.1, 0.15) is 12.6 Å². The van der Waals surface area contributed by atoms with Gasteiger partial charge in [0, 0.05) is 42.2 Å². The van der Waals surface area contributed by atoms with Gasteiger partial charge in [0.15, 0.2) is 4.96 Å². The first-order valence-electron chi connectivity index (χ1n) is 6.09. The number of morpholine rings is 1. The molecule has 0 amide bonds. The molecule has 1 aliphatic heterocycles. The molecule has 0 aliphatic carbocycles. The monoisotopic (exact) mass is 329 g/mol. The Hall–Kier alpha value is -0.430. The van der Waals surface area contributed by atoms with Crippen molar-refractivity contribution >= 4 is 32.2 Å². The third-order valence-electron chi connectivity index (χ3n) is 3.31. The molecule has 0 saturated carbocycles. The van der Waals surface area contributed by atoms with Gasteiger partial charge in [-0.15, -0.1) is 11.3 Å². The van der Waals surface area contributed by atoms with Crippen LogP contribution in [-0.2, 0) is 11.3 Å². The second kappa shape index (κ2) is 5.28. The third-order valence-corrected chi connectivity index (χ3v) is 4.81. The fourth-order valence-corrected chi connectivity index (χ4v) is 3.36. The average molecular weight is 330 g/mol. The molecule has 6 heteroatoms. The molecular formula is C12H16BrN3OS. The van der Waals surface area contributed by atoms with Crippen molar-refractivity contribution in [3.05, 3.63) is 23.5 Å². The van der Waals surface area contributed by atoms with E-state index in [2.05, 4.69) is 54.9 Å². The summed E-state index contributed by atoms with van der Waals surface area (Å²) in [5, 5.41) is 2.96. The van der Waals surface area contributed by atoms with Crippen LogP contribution in [0.3, 0.4) is 0 Å². The van der Waals surface area contributed by atoms with Crippen LogP contribution in [0.5, 0.6) is 0 Å². The number of thiazole rings is 1. The molecule has 0 aromatic carbocycles. The number of hydrogen-bond donors (Lipinski definition) is 0. The highest BCUT2D eigenvalue weighted by molar-refractivity contribution is 9.09. The first kappa shape index (κ1) is 12.6. The smallest absolute Gasteiger partial charge is 0.193 e. The predicted octanol–water partition coefficient (Wildman–Crippen LogP) is 2.38. The lowest BCUT2D eigenvalue weighted by Crippen LogP contribution is -2.48. The molecule has 2 aromatic heterocycles. The molecule has 0 N–H and O–H groups in total. The van der Waals surface area contributed by atoms with Crippen molar-refractivity contribution in [2.24, 2.45) is 0 Å². The quantitative estimate of drug-likeness (QED) is 0.810. The van der Waals surface area contributed by atoms with E-state index in [4.69, 9.17) is 4.74 Å².